The Balaban J connectivity index is 1.47. The lowest BCUT2D eigenvalue weighted by Gasteiger charge is -2.30. The number of halogens is 2. The second-order valence-electron chi connectivity index (χ2n) is 7.78. The molecule has 1 saturated carbocycles. The Labute approximate surface area is 169 Å². The normalized spacial score (nSPS) is 18.9. The number of aryl methyl sites for hydroxylation is 1. The molecule has 1 amide bonds. The van der Waals surface area contributed by atoms with E-state index in [4.69, 9.17) is 0 Å². The number of nitrogens with zero attached hydrogens (tertiary/aromatic N) is 3. The van der Waals surface area contributed by atoms with E-state index in [2.05, 4.69) is 20.6 Å². The molecule has 1 aromatic carbocycles. The summed E-state index contributed by atoms with van der Waals surface area (Å²) >= 11 is 0. The third kappa shape index (κ3) is 5.62. The van der Waals surface area contributed by atoms with Crippen LogP contribution in [0.25, 0.3) is 0 Å². The Bertz CT molecular complexity index is 866. The third-order valence-electron chi connectivity index (χ3n) is 5.14. The summed E-state index contributed by atoms with van der Waals surface area (Å²) in [6.07, 6.45) is 5.32. The lowest BCUT2D eigenvalue weighted by molar-refractivity contribution is -0.121. The van der Waals surface area contributed by atoms with E-state index in [0.717, 1.165) is 49.2 Å². The molecule has 0 spiro atoms. The summed E-state index contributed by atoms with van der Waals surface area (Å²) in [7, 11) is 3.90. The van der Waals surface area contributed by atoms with E-state index in [1.54, 1.807) is 0 Å². The second kappa shape index (κ2) is 9.15. The molecule has 0 aliphatic heterocycles. The first-order valence-corrected chi connectivity index (χ1v) is 9.82. The van der Waals surface area contributed by atoms with Gasteiger partial charge in [0.2, 0.25) is 11.9 Å². The molecule has 2 N–H and O–H groups in total. The van der Waals surface area contributed by atoms with E-state index >= 15 is 0 Å². The van der Waals surface area contributed by atoms with Gasteiger partial charge in [-0.1, -0.05) is 6.07 Å². The van der Waals surface area contributed by atoms with Crippen LogP contribution in [-0.2, 0) is 11.2 Å². The van der Waals surface area contributed by atoms with Crippen LogP contribution < -0.4 is 15.5 Å². The monoisotopic (exact) mass is 403 g/mol. The molecule has 2 aromatic rings. The molecule has 0 saturated heterocycles. The highest BCUT2D eigenvalue weighted by Gasteiger charge is 2.23. The van der Waals surface area contributed by atoms with Crippen molar-refractivity contribution in [2.24, 2.45) is 0 Å². The topological polar surface area (TPSA) is 70.1 Å². The van der Waals surface area contributed by atoms with Crippen LogP contribution in [0.2, 0.25) is 0 Å². The zero-order chi connectivity index (χ0) is 21.0. The molecule has 3 rings (SSSR count). The van der Waals surface area contributed by atoms with Crippen LogP contribution in [0.5, 0.6) is 0 Å². The SMILES string of the molecule is Cc1cnc(NC2CCC(NC(=O)Cc3ccc(F)c(F)c3)CC2)nc1N(C)C. The number of hydrogen-bond donors (Lipinski definition) is 2. The molecule has 1 aliphatic carbocycles. The highest BCUT2D eigenvalue weighted by atomic mass is 19.2. The lowest BCUT2D eigenvalue weighted by Crippen LogP contribution is -2.41. The predicted octanol–water partition coefficient (Wildman–Crippen LogP) is 3.21. The fourth-order valence-electron chi connectivity index (χ4n) is 3.63. The summed E-state index contributed by atoms with van der Waals surface area (Å²) in [5.41, 5.74) is 1.48. The van der Waals surface area contributed by atoms with Crippen molar-refractivity contribution >= 4 is 17.7 Å². The smallest absolute Gasteiger partial charge is 0.224 e. The van der Waals surface area contributed by atoms with Gasteiger partial charge in [0.1, 0.15) is 5.82 Å². The number of rotatable bonds is 6. The number of hydrogen-bond acceptors (Lipinski definition) is 5. The van der Waals surface area contributed by atoms with Crippen molar-refractivity contribution in [1.29, 1.82) is 0 Å². The van der Waals surface area contributed by atoms with E-state index in [1.165, 1.54) is 6.07 Å². The minimum Gasteiger partial charge on any atom is -0.362 e. The molecular formula is C21H27F2N5O. The van der Waals surface area contributed by atoms with Crippen molar-refractivity contribution in [1.82, 2.24) is 15.3 Å². The first-order valence-electron chi connectivity index (χ1n) is 9.82. The van der Waals surface area contributed by atoms with Gasteiger partial charge in [-0.25, -0.2) is 13.8 Å². The molecule has 0 atom stereocenters. The van der Waals surface area contributed by atoms with Gasteiger partial charge >= 0.3 is 0 Å². The first kappa shape index (κ1) is 21.0. The molecule has 0 unspecified atom stereocenters. The summed E-state index contributed by atoms with van der Waals surface area (Å²) < 4.78 is 26.3. The molecule has 1 aromatic heterocycles. The summed E-state index contributed by atoms with van der Waals surface area (Å²) in [6.45, 7) is 1.98. The zero-order valence-corrected chi connectivity index (χ0v) is 17.0. The average Bonchev–Trinajstić information content (AvgIpc) is 2.67. The van der Waals surface area contributed by atoms with Crippen LogP contribution in [0, 0.1) is 18.6 Å². The van der Waals surface area contributed by atoms with E-state index in [0.29, 0.717) is 11.5 Å². The fourth-order valence-corrected chi connectivity index (χ4v) is 3.63. The van der Waals surface area contributed by atoms with Crippen LogP contribution >= 0.6 is 0 Å². The van der Waals surface area contributed by atoms with Gasteiger partial charge in [0, 0.05) is 37.9 Å². The van der Waals surface area contributed by atoms with E-state index in [9.17, 15) is 13.6 Å². The van der Waals surface area contributed by atoms with Gasteiger partial charge in [-0.2, -0.15) is 4.98 Å². The Kier molecular flexibility index (Phi) is 6.61. The Hall–Kier alpha value is -2.77. The van der Waals surface area contributed by atoms with Gasteiger partial charge < -0.3 is 15.5 Å². The van der Waals surface area contributed by atoms with Crippen molar-refractivity contribution in [3.05, 3.63) is 47.2 Å². The Morgan fingerprint density at radius 1 is 1.14 bits per heavy atom. The molecule has 0 bridgehead atoms. The fraction of sp³-hybridized carbons (Fsp3) is 0.476. The van der Waals surface area contributed by atoms with Crippen LogP contribution in [0.3, 0.4) is 0 Å². The average molecular weight is 403 g/mol. The Morgan fingerprint density at radius 2 is 1.83 bits per heavy atom. The molecule has 8 heteroatoms. The summed E-state index contributed by atoms with van der Waals surface area (Å²) in [6, 6.07) is 3.89. The molecule has 29 heavy (non-hydrogen) atoms. The summed E-state index contributed by atoms with van der Waals surface area (Å²) in [4.78, 5) is 23.1. The summed E-state index contributed by atoms with van der Waals surface area (Å²) in [5, 5.41) is 6.39. The number of carbonyl (C=O) groups excluding carboxylic acids is 1. The maximum absolute atomic E-state index is 13.3. The number of amides is 1. The van der Waals surface area contributed by atoms with Crippen LogP contribution in [-0.4, -0.2) is 42.1 Å². The van der Waals surface area contributed by atoms with Gasteiger partial charge in [0.25, 0.3) is 0 Å². The van der Waals surface area contributed by atoms with E-state index < -0.39 is 11.6 Å². The summed E-state index contributed by atoms with van der Waals surface area (Å²) in [5.74, 6) is -0.511. The number of aromatic nitrogens is 2. The molecule has 1 aliphatic rings. The standard InChI is InChI=1S/C21H27F2N5O/c1-13-12-24-21(27-20(13)28(2)3)26-16-7-5-15(6-8-16)25-19(29)11-14-4-9-17(22)18(23)10-14/h4,9-10,12,15-16H,5-8,11H2,1-3H3,(H,25,29)(H,24,26,27). The number of benzene rings is 1. The molecule has 6 nitrogen and oxygen atoms in total. The van der Waals surface area contributed by atoms with Crippen LogP contribution in [0.15, 0.2) is 24.4 Å². The van der Waals surface area contributed by atoms with Gasteiger partial charge in [0.15, 0.2) is 11.6 Å². The Morgan fingerprint density at radius 3 is 2.48 bits per heavy atom. The molecular weight excluding hydrogens is 376 g/mol. The lowest BCUT2D eigenvalue weighted by atomic mass is 9.91. The minimum absolute atomic E-state index is 0.0416. The van der Waals surface area contributed by atoms with E-state index in [1.807, 2.05) is 32.1 Å². The number of carbonyl (C=O) groups is 1. The number of nitrogens with one attached hydrogen (secondary N) is 2. The second-order valence-corrected chi connectivity index (χ2v) is 7.78. The van der Waals surface area contributed by atoms with Gasteiger partial charge in [-0.3, -0.25) is 4.79 Å². The van der Waals surface area contributed by atoms with Crippen LogP contribution in [0.1, 0.15) is 36.8 Å². The van der Waals surface area contributed by atoms with Gasteiger partial charge in [-0.15, -0.1) is 0 Å². The van der Waals surface area contributed by atoms with E-state index in [-0.39, 0.29) is 24.4 Å². The maximum Gasteiger partial charge on any atom is 0.224 e. The molecule has 1 fully saturated rings. The van der Waals surface area contributed by atoms with Crippen LogP contribution in [0.4, 0.5) is 20.5 Å². The van der Waals surface area contributed by atoms with Crippen molar-refractivity contribution in [3.8, 4) is 0 Å². The molecule has 0 radical (unpaired) electrons. The first-order chi connectivity index (χ1) is 13.8. The quantitative estimate of drug-likeness (QED) is 0.775. The van der Waals surface area contributed by atoms with Gasteiger partial charge in [-0.05, 0) is 50.3 Å². The van der Waals surface area contributed by atoms with Crippen molar-refractivity contribution in [2.75, 3.05) is 24.3 Å². The number of anilines is 2. The highest BCUT2D eigenvalue weighted by Crippen LogP contribution is 2.23. The van der Waals surface area contributed by atoms with Crippen molar-refractivity contribution < 1.29 is 13.6 Å². The van der Waals surface area contributed by atoms with Gasteiger partial charge in [0.05, 0.1) is 6.42 Å². The minimum atomic E-state index is -0.933. The highest BCUT2D eigenvalue weighted by molar-refractivity contribution is 5.78. The zero-order valence-electron chi connectivity index (χ0n) is 17.0. The molecule has 156 valence electrons. The largest absolute Gasteiger partial charge is 0.362 e. The van der Waals surface area contributed by atoms with Crippen molar-refractivity contribution in [3.63, 3.8) is 0 Å². The molecule has 1 heterocycles. The predicted molar refractivity (Wildman–Crippen MR) is 109 cm³/mol. The maximum atomic E-state index is 13.3. The van der Waals surface area contributed by atoms with Crippen molar-refractivity contribution in [2.45, 2.75) is 51.1 Å². The third-order valence-corrected chi connectivity index (χ3v) is 5.14.